The SMILES string of the molecule is CCCOCCN(C)c1ccccc1CN. The lowest BCUT2D eigenvalue weighted by Gasteiger charge is -2.21. The smallest absolute Gasteiger partial charge is 0.0641 e. The maximum absolute atomic E-state index is 5.71. The third-order valence-corrected chi connectivity index (χ3v) is 2.54. The van der Waals surface area contributed by atoms with Gasteiger partial charge in [0.05, 0.1) is 6.61 Å². The van der Waals surface area contributed by atoms with E-state index in [1.165, 1.54) is 11.3 Å². The Morgan fingerprint density at radius 1 is 1.25 bits per heavy atom. The summed E-state index contributed by atoms with van der Waals surface area (Å²) in [5.41, 5.74) is 8.09. The van der Waals surface area contributed by atoms with Crippen LogP contribution in [0, 0.1) is 0 Å². The highest BCUT2D eigenvalue weighted by molar-refractivity contribution is 5.52. The van der Waals surface area contributed by atoms with Gasteiger partial charge in [0.25, 0.3) is 0 Å². The molecule has 0 spiro atoms. The second-order valence-electron chi connectivity index (χ2n) is 3.87. The minimum atomic E-state index is 0.580. The molecule has 0 aliphatic carbocycles. The van der Waals surface area contributed by atoms with Gasteiger partial charge >= 0.3 is 0 Å². The Balaban J connectivity index is 2.48. The summed E-state index contributed by atoms with van der Waals surface area (Å²) in [6.45, 7) is 5.20. The molecule has 90 valence electrons. The number of likely N-dealkylation sites (N-methyl/N-ethyl adjacent to an activating group) is 1. The number of nitrogens with zero attached hydrogens (tertiary/aromatic N) is 1. The van der Waals surface area contributed by atoms with Crippen molar-refractivity contribution < 1.29 is 4.74 Å². The number of anilines is 1. The van der Waals surface area contributed by atoms with Crippen molar-refractivity contribution in [2.45, 2.75) is 19.9 Å². The first-order valence-corrected chi connectivity index (χ1v) is 5.86. The fourth-order valence-corrected chi connectivity index (χ4v) is 1.62. The Morgan fingerprint density at radius 3 is 2.69 bits per heavy atom. The summed E-state index contributed by atoms with van der Waals surface area (Å²) >= 11 is 0. The van der Waals surface area contributed by atoms with E-state index in [2.05, 4.69) is 31.0 Å². The molecule has 0 aromatic heterocycles. The normalized spacial score (nSPS) is 10.4. The molecule has 0 heterocycles. The molecule has 16 heavy (non-hydrogen) atoms. The molecule has 1 aromatic rings. The maximum Gasteiger partial charge on any atom is 0.0641 e. The van der Waals surface area contributed by atoms with E-state index in [9.17, 15) is 0 Å². The van der Waals surface area contributed by atoms with Gasteiger partial charge in [0, 0.05) is 32.4 Å². The van der Waals surface area contributed by atoms with Crippen molar-refractivity contribution in [3.63, 3.8) is 0 Å². The van der Waals surface area contributed by atoms with Crippen LogP contribution in [0.15, 0.2) is 24.3 Å². The summed E-state index contributed by atoms with van der Waals surface area (Å²) in [4.78, 5) is 2.19. The molecule has 0 bridgehead atoms. The lowest BCUT2D eigenvalue weighted by molar-refractivity contribution is 0.141. The van der Waals surface area contributed by atoms with Crippen molar-refractivity contribution >= 4 is 5.69 Å². The van der Waals surface area contributed by atoms with E-state index in [1.807, 2.05) is 12.1 Å². The van der Waals surface area contributed by atoms with E-state index in [-0.39, 0.29) is 0 Å². The zero-order valence-electron chi connectivity index (χ0n) is 10.3. The average molecular weight is 222 g/mol. The van der Waals surface area contributed by atoms with E-state index in [1.54, 1.807) is 0 Å². The summed E-state index contributed by atoms with van der Waals surface area (Å²) in [6.07, 6.45) is 1.07. The molecule has 0 aliphatic rings. The molecular formula is C13H22N2O. The molecule has 0 saturated heterocycles. The number of nitrogens with two attached hydrogens (primary N) is 1. The van der Waals surface area contributed by atoms with Crippen LogP contribution in [0.1, 0.15) is 18.9 Å². The number of hydrogen-bond acceptors (Lipinski definition) is 3. The highest BCUT2D eigenvalue weighted by Gasteiger charge is 2.04. The summed E-state index contributed by atoms with van der Waals surface area (Å²) in [7, 11) is 2.07. The van der Waals surface area contributed by atoms with Crippen molar-refractivity contribution in [1.82, 2.24) is 0 Å². The Bertz CT molecular complexity index is 302. The molecule has 0 fully saturated rings. The highest BCUT2D eigenvalue weighted by atomic mass is 16.5. The molecule has 0 saturated carbocycles. The quantitative estimate of drug-likeness (QED) is 0.717. The maximum atomic E-state index is 5.71. The molecule has 1 aromatic carbocycles. The van der Waals surface area contributed by atoms with Crippen molar-refractivity contribution in [1.29, 1.82) is 0 Å². The summed E-state index contributed by atoms with van der Waals surface area (Å²) < 4.78 is 5.48. The molecule has 0 atom stereocenters. The molecule has 2 N–H and O–H groups in total. The number of hydrogen-bond donors (Lipinski definition) is 1. The van der Waals surface area contributed by atoms with Crippen LogP contribution in [0.2, 0.25) is 0 Å². The Kier molecular flexibility index (Phi) is 5.90. The Morgan fingerprint density at radius 2 is 2.00 bits per heavy atom. The standard InChI is InChI=1S/C13H22N2O/c1-3-9-16-10-8-15(2)13-7-5-4-6-12(13)11-14/h4-7H,3,8-11,14H2,1-2H3. The van der Waals surface area contributed by atoms with Crippen LogP contribution in [-0.2, 0) is 11.3 Å². The molecule has 0 radical (unpaired) electrons. The van der Waals surface area contributed by atoms with Crippen LogP contribution in [0.4, 0.5) is 5.69 Å². The zero-order valence-corrected chi connectivity index (χ0v) is 10.3. The van der Waals surface area contributed by atoms with Crippen LogP contribution in [0.3, 0.4) is 0 Å². The van der Waals surface area contributed by atoms with Gasteiger partial charge in [-0.25, -0.2) is 0 Å². The van der Waals surface area contributed by atoms with Gasteiger partial charge in [-0.15, -0.1) is 0 Å². The summed E-state index contributed by atoms with van der Waals surface area (Å²) in [5.74, 6) is 0. The Hall–Kier alpha value is -1.06. The van der Waals surface area contributed by atoms with E-state index >= 15 is 0 Å². The zero-order chi connectivity index (χ0) is 11.8. The lowest BCUT2D eigenvalue weighted by Crippen LogP contribution is -2.24. The molecule has 0 aliphatic heterocycles. The van der Waals surface area contributed by atoms with Gasteiger partial charge in [-0.3, -0.25) is 0 Å². The highest BCUT2D eigenvalue weighted by Crippen LogP contribution is 2.17. The van der Waals surface area contributed by atoms with E-state index < -0.39 is 0 Å². The van der Waals surface area contributed by atoms with Crippen LogP contribution in [0.25, 0.3) is 0 Å². The first-order valence-electron chi connectivity index (χ1n) is 5.86. The van der Waals surface area contributed by atoms with Crippen molar-refractivity contribution in [3.8, 4) is 0 Å². The summed E-state index contributed by atoms with van der Waals surface area (Å²) in [5, 5.41) is 0. The minimum Gasteiger partial charge on any atom is -0.380 e. The predicted octanol–water partition coefficient (Wildman–Crippen LogP) is 2.01. The van der Waals surface area contributed by atoms with Crippen LogP contribution >= 0.6 is 0 Å². The summed E-state index contributed by atoms with van der Waals surface area (Å²) in [6, 6.07) is 8.23. The molecule has 3 heteroatoms. The molecule has 0 amide bonds. The molecule has 1 rings (SSSR count). The van der Waals surface area contributed by atoms with Gasteiger partial charge in [0.1, 0.15) is 0 Å². The van der Waals surface area contributed by atoms with Gasteiger partial charge in [0.2, 0.25) is 0 Å². The first-order chi connectivity index (χ1) is 7.79. The number of rotatable bonds is 7. The third kappa shape index (κ3) is 3.83. The first kappa shape index (κ1) is 13.0. The fraction of sp³-hybridized carbons (Fsp3) is 0.538. The van der Waals surface area contributed by atoms with E-state index in [0.29, 0.717) is 6.54 Å². The average Bonchev–Trinajstić information content (AvgIpc) is 2.34. The van der Waals surface area contributed by atoms with Gasteiger partial charge in [-0.1, -0.05) is 25.1 Å². The monoisotopic (exact) mass is 222 g/mol. The fourth-order valence-electron chi connectivity index (χ4n) is 1.62. The topological polar surface area (TPSA) is 38.5 Å². The lowest BCUT2D eigenvalue weighted by atomic mass is 10.1. The number of para-hydroxylation sites is 1. The number of benzene rings is 1. The van der Waals surface area contributed by atoms with Gasteiger partial charge in [-0.05, 0) is 18.1 Å². The van der Waals surface area contributed by atoms with Gasteiger partial charge in [0.15, 0.2) is 0 Å². The third-order valence-electron chi connectivity index (χ3n) is 2.54. The van der Waals surface area contributed by atoms with E-state index in [0.717, 1.165) is 26.2 Å². The predicted molar refractivity (Wildman–Crippen MR) is 68.7 cm³/mol. The van der Waals surface area contributed by atoms with Gasteiger partial charge in [-0.2, -0.15) is 0 Å². The largest absolute Gasteiger partial charge is 0.380 e. The van der Waals surface area contributed by atoms with Crippen LogP contribution < -0.4 is 10.6 Å². The van der Waals surface area contributed by atoms with Crippen molar-refractivity contribution in [2.24, 2.45) is 5.73 Å². The molecule has 3 nitrogen and oxygen atoms in total. The molecular weight excluding hydrogens is 200 g/mol. The van der Waals surface area contributed by atoms with Gasteiger partial charge < -0.3 is 15.4 Å². The van der Waals surface area contributed by atoms with Crippen molar-refractivity contribution in [3.05, 3.63) is 29.8 Å². The van der Waals surface area contributed by atoms with Crippen LogP contribution in [-0.4, -0.2) is 26.8 Å². The van der Waals surface area contributed by atoms with Crippen LogP contribution in [0.5, 0.6) is 0 Å². The minimum absolute atomic E-state index is 0.580. The Labute approximate surface area is 98.2 Å². The second kappa shape index (κ2) is 7.25. The van der Waals surface area contributed by atoms with Crippen molar-refractivity contribution in [2.75, 3.05) is 31.7 Å². The second-order valence-corrected chi connectivity index (χ2v) is 3.87. The molecule has 0 unspecified atom stereocenters. The van der Waals surface area contributed by atoms with E-state index in [4.69, 9.17) is 10.5 Å². The number of ether oxygens (including phenoxy) is 1.